The highest BCUT2D eigenvalue weighted by molar-refractivity contribution is 6.30. The number of carbonyl (C=O) groups is 1. The second-order valence-corrected chi connectivity index (χ2v) is 8.45. The Bertz CT molecular complexity index is 1270. The lowest BCUT2D eigenvalue weighted by Crippen LogP contribution is -2.49. The molecule has 0 spiro atoms. The van der Waals surface area contributed by atoms with Gasteiger partial charge in [-0.05, 0) is 50.2 Å². The van der Waals surface area contributed by atoms with E-state index in [0.29, 0.717) is 42.6 Å². The van der Waals surface area contributed by atoms with E-state index in [1.165, 1.54) is 5.56 Å². The maximum atomic E-state index is 12.8. The van der Waals surface area contributed by atoms with E-state index in [-0.39, 0.29) is 5.91 Å². The molecule has 32 heavy (non-hydrogen) atoms. The molecule has 1 amide bonds. The summed E-state index contributed by atoms with van der Waals surface area (Å²) in [6, 6.07) is 15.2. The third kappa shape index (κ3) is 3.80. The van der Waals surface area contributed by atoms with E-state index < -0.39 is 0 Å². The van der Waals surface area contributed by atoms with Crippen LogP contribution in [0.5, 0.6) is 0 Å². The van der Waals surface area contributed by atoms with Crippen molar-refractivity contribution in [3.8, 4) is 5.69 Å². The SMILES string of the molecule is Cc1ccc(-n2ncc3c(N4CCN(C(=O)c5ccc(Cl)cc5)CC4)nc(C)nc32)cc1. The van der Waals surface area contributed by atoms with Crippen molar-refractivity contribution in [1.29, 1.82) is 0 Å². The lowest BCUT2D eigenvalue weighted by molar-refractivity contribution is 0.0746. The van der Waals surface area contributed by atoms with Crippen LogP contribution in [0.4, 0.5) is 5.82 Å². The van der Waals surface area contributed by atoms with Crippen molar-refractivity contribution in [1.82, 2.24) is 24.6 Å². The van der Waals surface area contributed by atoms with E-state index in [4.69, 9.17) is 16.6 Å². The predicted molar refractivity (Wildman–Crippen MR) is 126 cm³/mol. The predicted octanol–water partition coefficient (Wildman–Crippen LogP) is 4.05. The van der Waals surface area contributed by atoms with Gasteiger partial charge in [0.1, 0.15) is 11.6 Å². The summed E-state index contributed by atoms with van der Waals surface area (Å²) in [6.07, 6.45) is 1.83. The minimum atomic E-state index is 0.0255. The second-order valence-electron chi connectivity index (χ2n) is 8.01. The van der Waals surface area contributed by atoms with Crippen molar-refractivity contribution in [2.24, 2.45) is 0 Å². The number of carbonyl (C=O) groups excluding carboxylic acids is 1. The Morgan fingerprint density at radius 1 is 0.906 bits per heavy atom. The van der Waals surface area contributed by atoms with Crippen LogP contribution in [0.3, 0.4) is 0 Å². The molecule has 1 aliphatic heterocycles. The Labute approximate surface area is 191 Å². The molecule has 0 atom stereocenters. The summed E-state index contributed by atoms with van der Waals surface area (Å²) >= 11 is 5.95. The number of hydrogen-bond donors (Lipinski definition) is 0. The van der Waals surface area contributed by atoms with E-state index in [9.17, 15) is 4.79 Å². The first-order valence-corrected chi connectivity index (χ1v) is 11.0. The molecule has 162 valence electrons. The molecule has 0 saturated carbocycles. The van der Waals surface area contributed by atoms with Gasteiger partial charge in [0.15, 0.2) is 5.65 Å². The van der Waals surface area contributed by atoms with Gasteiger partial charge in [0.25, 0.3) is 5.91 Å². The summed E-state index contributed by atoms with van der Waals surface area (Å²) in [6.45, 7) is 6.60. The van der Waals surface area contributed by atoms with Crippen molar-refractivity contribution in [3.63, 3.8) is 0 Å². The Morgan fingerprint density at radius 3 is 2.28 bits per heavy atom. The quantitative estimate of drug-likeness (QED) is 0.475. The fourth-order valence-electron chi connectivity index (χ4n) is 4.01. The van der Waals surface area contributed by atoms with E-state index in [1.54, 1.807) is 24.3 Å². The molecule has 8 heteroatoms. The molecule has 0 bridgehead atoms. The minimum Gasteiger partial charge on any atom is -0.352 e. The van der Waals surface area contributed by atoms with Gasteiger partial charge in [0.05, 0.1) is 17.3 Å². The van der Waals surface area contributed by atoms with Gasteiger partial charge < -0.3 is 9.80 Å². The molecule has 7 nitrogen and oxygen atoms in total. The van der Waals surface area contributed by atoms with Crippen LogP contribution in [0.2, 0.25) is 5.02 Å². The molecule has 1 saturated heterocycles. The van der Waals surface area contributed by atoms with E-state index in [0.717, 1.165) is 22.5 Å². The number of halogens is 1. The molecule has 0 N–H and O–H groups in total. The highest BCUT2D eigenvalue weighted by atomic mass is 35.5. The largest absolute Gasteiger partial charge is 0.352 e. The highest BCUT2D eigenvalue weighted by Gasteiger charge is 2.25. The minimum absolute atomic E-state index is 0.0255. The lowest BCUT2D eigenvalue weighted by atomic mass is 10.2. The van der Waals surface area contributed by atoms with Crippen molar-refractivity contribution < 1.29 is 4.79 Å². The van der Waals surface area contributed by atoms with Crippen LogP contribution in [-0.2, 0) is 0 Å². The van der Waals surface area contributed by atoms with Crippen molar-refractivity contribution in [2.45, 2.75) is 13.8 Å². The summed E-state index contributed by atoms with van der Waals surface area (Å²) < 4.78 is 1.85. The second kappa shape index (κ2) is 8.24. The summed E-state index contributed by atoms with van der Waals surface area (Å²) in [5, 5.41) is 6.13. The van der Waals surface area contributed by atoms with Gasteiger partial charge in [-0.3, -0.25) is 4.79 Å². The van der Waals surface area contributed by atoms with Gasteiger partial charge in [-0.1, -0.05) is 29.3 Å². The molecule has 1 aliphatic rings. The van der Waals surface area contributed by atoms with Crippen LogP contribution in [0.1, 0.15) is 21.7 Å². The number of fused-ring (bicyclic) bond motifs is 1. The van der Waals surface area contributed by atoms with Crippen LogP contribution in [-0.4, -0.2) is 56.7 Å². The van der Waals surface area contributed by atoms with Crippen LogP contribution < -0.4 is 4.90 Å². The number of rotatable bonds is 3. The highest BCUT2D eigenvalue weighted by Crippen LogP contribution is 2.27. The van der Waals surface area contributed by atoms with Crippen molar-refractivity contribution in [3.05, 3.63) is 76.7 Å². The number of piperazine rings is 1. The zero-order valence-corrected chi connectivity index (χ0v) is 18.8. The fraction of sp³-hybridized carbons (Fsp3) is 0.250. The number of hydrogen-bond acceptors (Lipinski definition) is 5. The number of amides is 1. The number of nitrogens with zero attached hydrogens (tertiary/aromatic N) is 6. The number of aromatic nitrogens is 4. The molecule has 2 aromatic heterocycles. The first kappa shape index (κ1) is 20.5. The average molecular weight is 447 g/mol. The van der Waals surface area contributed by atoms with Gasteiger partial charge in [0, 0.05) is 36.8 Å². The van der Waals surface area contributed by atoms with Crippen LogP contribution in [0.25, 0.3) is 16.7 Å². The smallest absolute Gasteiger partial charge is 0.253 e. The Balaban J connectivity index is 1.39. The summed E-state index contributed by atoms with van der Waals surface area (Å²) in [5.41, 5.74) is 3.61. The molecule has 1 fully saturated rings. The molecule has 3 heterocycles. The first-order valence-electron chi connectivity index (χ1n) is 10.6. The molecule has 2 aromatic carbocycles. The number of anilines is 1. The third-order valence-corrected chi connectivity index (χ3v) is 6.01. The first-order chi connectivity index (χ1) is 15.5. The zero-order valence-electron chi connectivity index (χ0n) is 18.0. The van der Waals surface area contributed by atoms with Gasteiger partial charge in [-0.15, -0.1) is 0 Å². The van der Waals surface area contributed by atoms with Gasteiger partial charge in [-0.25, -0.2) is 14.6 Å². The summed E-state index contributed by atoms with van der Waals surface area (Å²) in [7, 11) is 0. The Hall–Kier alpha value is -3.45. The van der Waals surface area contributed by atoms with Crippen molar-refractivity contribution >= 4 is 34.4 Å². The van der Waals surface area contributed by atoms with Gasteiger partial charge in [-0.2, -0.15) is 5.10 Å². The maximum Gasteiger partial charge on any atom is 0.253 e. The van der Waals surface area contributed by atoms with Crippen molar-refractivity contribution in [2.75, 3.05) is 31.1 Å². The topological polar surface area (TPSA) is 67.2 Å². The third-order valence-electron chi connectivity index (χ3n) is 5.76. The molecular formula is C24H23ClN6O. The van der Waals surface area contributed by atoms with Crippen LogP contribution in [0.15, 0.2) is 54.7 Å². The number of aryl methyl sites for hydroxylation is 2. The summed E-state index contributed by atoms with van der Waals surface area (Å²) in [5.74, 6) is 1.59. The normalized spacial score (nSPS) is 14.2. The molecule has 0 radical (unpaired) electrons. The maximum absolute atomic E-state index is 12.8. The van der Waals surface area contributed by atoms with Gasteiger partial charge in [0.2, 0.25) is 0 Å². The van der Waals surface area contributed by atoms with Gasteiger partial charge >= 0.3 is 0 Å². The average Bonchev–Trinajstić information content (AvgIpc) is 3.23. The zero-order chi connectivity index (χ0) is 22.2. The number of benzene rings is 2. The molecule has 0 aliphatic carbocycles. The molecule has 5 rings (SSSR count). The molecular weight excluding hydrogens is 424 g/mol. The summed E-state index contributed by atoms with van der Waals surface area (Å²) in [4.78, 5) is 26.3. The fourth-order valence-corrected chi connectivity index (χ4v) is 4.14. The van der Waals surface area contributed by atoms with Crippen LogP contribution >= 0.6 is 11.6 Å². The monoisotopic (exact) mass is 446 g/mol. The van der Waals surface area contributed by atoms with E-state index >= 15 is 0 Å². The standard InChI is InChI=1S/C24H23ClN6O/c1-16-3-9-20(10-4-16)31-23-21(15-26-31)22(27-17(2)28-23)29-11-13-30(14-12-29)24(32)18-5-7-19(25)8-6-18/h3-10,15H,11-14H2,1-2H3. The molecule has 0 unspecified atom stereocenters. The lowest BCUT2D eigenvalue weighted by Gasteiger charge is -2.35. The Kier molecular flexibility index (Phi) is 5.27. The van der Waals surface area contributed by atoms with E-state index in [1.807, 2.05) is 34.8 Å². The van der Waals surface area contributed by atoms with E-state index in [2.05, 4.69) is 34.0 Å². The molecule has 4 aromatic rings. The van der Waals surface area contributed by atoms with Crippen LogP contribution in [0, 0.1) is 13.8 Å². The Morgan fingerprint density at radius 2 is 1.59 bits per heavy atom.